The molecule has 0 spiro atoms. The molecule has 2 aromatic rings. The molecule has 1 aromatic carbocycles. The molecule has 1 N–H and O–H groups in total. The second kappa shape index (κ2) is 6.17. The van der Waals surface area contributed by atoms with Gasteiger partial charge in [-0.1, -0.05) is 0 Å². The summed E-state index contributed by atoms with van der Waals surface area (Å²) < 4.78 is 0. The van der Waals surface area contributed by atoms with Crippen LogP contribution in [0.5, 0.6) is 0 Å². The van der Waals surface area contributed by atoms with Crippen LogP contribution in [-0.4, -0.2) is 40.9 Å². The number of amides is 1. The normalized spacial score (nSPS) is 10.4. The minimum atomic E-state index is -0.458. The van der Waals surface area contributed by atoms with Crippen molar-refractivity contribution in [2.45, 2.75) is 6.92 Å². The van der Waals surface area contributed by atoms with Gasteiger partial charge in [0.05, 0.1) is 22.4 Å². The van der Waals surface area contributed by atoms with Gasteiger partial charge < -0.3 is 10.2 Å². The van der Waals surface area contributed by atoms with Gasteiger partial charge in [-0.15, -0.1) is 0 Å². The topological polar surface area (TPSA) is 88.4 Å². The average molecular weight is 288 g/mol. The Morgan fingerprint density at radius 1 is 1.43 bits per heavy atom. The number of hydrogen-bond acceptors (Lipinski definition) is 5. The first kappa shape index (κ1) is 14.7. The molecule has 0 saturated carbocycles. The molecule has 21 heavy (non-hydrogen) atoms. The summed E-state index contributed by atoms with van der Waals surface area (Å²) in [5.41, 5.74) is 0.803. The minimum absolute atomic E-state index is 0.0109. The minimum Gasteiger partial charge on any atom is -0.371 e. The van der Waals surface area contributed by atoms with Crippen molar-refractivity contribution in [3.63, 3.8) is 0 Å². The third-order valence-electron chi connectivity index (χ3n) is 3.27. The molecule has 7 nitrogen and oxygen atoms in total. The Morgan fingerprint density at radius 2 is 2.19 bits per heavy atom. The second-order valence-electron chi connectivity index (χ2n) is 4.55. The lowest BCUT2D eigenvalue weighted by Crippen LogP contribution is -2.32. The zero-order chi connectivity index (χ0) is 15.4. The van der Waals surface area contributed by atoms with E-state index < -0.39 is 4.92 Å². The molecule has 0 aliphatic rings. The van der Waals surface area contributed by atoms with E-state index >= 15 is 0 Å². The van der Waals surface area contributed by atoms with Gasteiger partial charge in [-0.05, 0) is 31.2 Å². The number of likely N-dealkylation sites (N-methyl/N-ethyl adjacent to an activating group) is 1. The van der Waals surface area contributed by atoms with E-state index in [9.17, 15) is 14.9 Å². The molecule has 110 valence electrons. The van der Waals surface area contributed by atoms with Crippen LogP contribution in [0.25, 0.3) is 10.9 Å². The summed E-state index contributed by atoms with van der Waals surface area (Å²) in [4.78, 5) is 28.3. The molecule has 0 saturated heterocycles. The van der Waals surface area contributed by atoms with E-state index in [0.717, 1.165) is 0 Å². The molecule has 1 amide bonds. The predicted octanol–water partition coefficient (Wildman–Crippen LogP) is 2.03. The van der Waals surface area contributed by atoms with Crippen LogP contribution in [-0.2, 0) is 4.79 Å². The summed E-state index contributed by atoms with van der Waals surface area (Å²) in [6, 6.07) is 6.56. The molecular weight excluding hydrogens is 272 g/mol. The highest BCUT2D eigenvalue weighted by molar-refractivity contribution is 5.95. The number of fused-ring (bicyclic) bond motifs is 1. The molecule has 7 heteroatoms. The molecule has 0 radical (unpaired) electrons. The van der Waals surface area contributed by atoms with Crippen LogP contribution >= 0.6 is 0 Å². The van der Waals surface area contributed by atoms with Crippen LogP contribution < -0.4 is 5.32 Å². The predicted molar refractivity (Wildman–Crippen MR) is 80.2 cm³/mol. The fourth-order valence-electron chi connectivity index (χ4n) is 1.96. The van der Waals surface area contributed by atoms with Crippen molar-refractivity contribution in [3.8, 4) is 0 Å². The number of carbonyl (C=O) groups excluding carboxylic acids is 1. The standard InChI is InChI=1S/C14H16N4O3/c1-3-17(2)13(19)9-16-12-7-6-11-10(5-4-8-15-11)14(12)18(20)21/h4-8,16H,3,9H2,1-2H3. The third kappa shape index (κ3) is 3.07. The van der Waals surface area contributed by atoms with Crippen molar-refractivity contribution in [3.05, 3.63) is 40.6 Å². The number of anilines is 1. The van der Waals surface area contributed by atoms with Gasteiger partial charge in [-0.2, -0.15) is 0 Å². The van der Waals surface area contributed by atoms with Crippen LogP contribution in [0, 0.1) is 10.1 Å². The van der Waals surface area contributed by atoms with E-state index in [0.29, 0.717) is 23.1 Å². The highest BCUT2D eigenvalue weighted by Gasteiger charge is 2.19. The van der Waals surface area contributed by atoms with Crippen LogP contribution in [0.1, 0.15) is 6.92 Å². The maximum Gasteiger partial charge on any atom is 0.301 e. The molecule has 1 aromatic heterocycles. The summed E-state index contributed by atoms with van der Waals surface area (Å²) in [7, 11) is 1.68. The Labute approximate surface area is 121 Å². The van der Waals surface area contributed by atoms with Gasteiger partial charge >= 0.3 is 5.69 Å². The molecule has 0 aliphatic heterocycles. The van der Waals surface area contributed by atoms with Crippen LogP contribution in [0.3, 0.4) is 0 Å². The number of carbonyl (C=O) groups is 1. The molecule has 0 unspecified atom stereocenters. The SMILES string of the molecule is CCN(C)C(=O)CNc1ccc2ncccc2c1[N+](=O)[O-]. The number of benzene rings is 1. The molecule has 2 rings (SSSR count). The summed E-state index contributed by atoms with van der Waals surface area (Å²) in [6.07, 6.45) is 1.58. The fourth-order valence-corrected chi connectivity index (χ4v) is 1.96. The van der Waals surface area contributed by atoms with E-state index in [4.69, 9.17) is 0 Å². The molecular formula is C14H16N4O3. The van der Waals surface area contributed by atoms with Gasteiger partial charge in [0.15, 0.2) is 0 Å². The molecule has 0 atom stereocenters. The first-order chi connectivity index (χ1) is 10.0. The van der Waals surface area contributed by atoms with E-state index in [1.807, 2.05) is 6.92 Å². The number of nitrogens with zero attached hydrogens (tertiary/aromatic N) is 3. The van der Waals surface area contributed by atoms with Gasteiger partial charge in [0.2, 0.25) is 5.91 Å². The van der Waals surface area contributed by atoms with Crippen LogP contribution in [0.4, 0.5) is 11.4 Å². The van der Waals surface area contributed by atoms with Crippen LogP contribution in [0.15, 0.2) is 30.5 Å². The van der Waals surface area contributed by atoms with Gasteiger partial charge in [0.25, 0.3) is 0 Å². The lowest BCUT2D eigenvalue weighted by molar-refractivity contribution is -0.382. The lowest BCUT2D eigenvalue weighted by Gasteiger charge is -2.15. The Balaban J connectivity index is 2.33. The number of aromatic nitrogens is 1. The first-order valence-corrected chi connectivity index (χ1v) is 6.54. The zero-order valence-electron chi connectivity index (χ0n) is 11.9. The van der Waals surface area contributed by atoms with Crippen molar-refractivity contribution in [1.29, 1.82) is 0 Å². The van der Waals surface area contributed by atoms with Gasteiger partial charge in [-0.25, -0.2) is 0 Å². The Morgan fingerprint density at radius 3 is 2.86 bits per heavy atom. The summed E-state index contributed by atoms with van der Waals surface area (Å²) in [5.74, 6) is -0.127. The highest BCUT2D eigenvalue weighted by Crippen LogP contribution is 2.32. The van der Waals surface area contributed by atoms with Gasteiger partial charge in [0, 0.05) is 19.8 Å². The highest BCUT2D eigenvalue weighted by atomic mass is 16.6. The second-order valence-corrected chi connectivity index (χ2v) is 4.55. The maximum absolute atomic E-state index is 11.8. The molecule has 0 fully saturated rings. The van der Waals surface area contributed by atoms with Crippen molar-refractivity contribution < 1.29 is 9.72 Å². The fraction of sp³-hybridized carbons (Fsp3) is 0.286. The van der Waals surface area contributed by atoms with E-state index in [1.165, 1.54) is 0 Å². The smallest absolute Gasteiger partial charge is 0.301 e. The Kier molecular flexibility index (Phi) is 4.32. The summed E-state index contributed by atoms with van der Waals surface area (Å²) in [5, 5.41) is 14.6. The number of pyridine rings is 1. The summed E-state index contributed by atoms with van der Waals surface area (Å²) in [6.45, 7) is 2.46. The molecule has 0 aliphatic carbocycles. The van der Waals surface area contributed by atoms with Crippen molar-refractivity contribution >= 4 is 28.2 Å². The number of rotatable bonds is 5. The monoisotopic (exact) mass is 288 g/mol. The number of nitrogens with one attached hydrogen (secondary N) is 1. The van der Waals surface area contributed by atoms with Crippen molar-refractivity contribution in [2.75, 3.05) is 25.5 Å². The first-order valence-electron chi connectivity index (χ1n) is 6.54. The Bertz CT molecular complexity index is 687. The third-order valence-corrected chi connectivity index (χ3v) is 3.27. The molecule has 1 heterocycles. The number of hydrogen-bond donors (Lipinski definition) is 1. The van der Waals surface area contributed by atoms with E-state index in [-0.39, 0.29) is 18.1 Å². The van der Waals surface area contributed by atoms with Crippen molar-refractivity contribution in [2.24, 2.45) is 0 Å². The van der Waals surface area contributed by atoms with Crippen molar-refractivity contribution in [1.82, 2.24) is 9.88 Å². The lowest BCUT2D eigenvalue weighted by atomic mass is 10.1. The van der Waals surface area contributed by atoms with E-state index in [2.05, 4.69) is 10.3 Å². The van der Waals surface area contributed by atoms with Gasteiger partial charge in [-0.3, -0.25) is 19.9 Å². The largest absolute Gasteiger partial charge is 0.371 e. The Hall–Kier alpha value is -2.70. The molecule has 0 bridgehead atoms. The average Bonchev–Trinajstić information content (AvgIpc) is 2.50. The quantitative estimate of drug-likeness (QED) is 0.671. The number of nitro groups is 1. The number of nitro benzene ring substituents is 1. The summed E-state index contributed by atoms with van der Waals surface area (Å²) >= 11 is 0. The van der Waals surface area contributed by atoms with Gasteiger partial charge in [0.1, 0.15) is 5.69 Å². The zero-order valence-corrected chi connectivity index (χ0v) is 11.9. The maximum atomic E-state index is 11.8. The van der Waals surface area contributed by atoms with E-state index in [1.54, 1.807) is 42.4 Å². The van der Waals surface area contributed by atoms with Crippen LogP contribution in [0.2, 0.25) is 0 Å².